The number of aromatic nitrogens is 3. The Morgan fingerprint density at radius 2 is 2.13 bits per heavy atom. The first-order valence-corrected chi connectivity index (χ1v) is 10.6. The van der Waals surface area contributed by atoms with Crippen LogP contribution in [0.15, 0.2) is 24.7 Å². The van der Waals surface area contributed by atoms with Gasteiger partial charge in [0.1, 0.15) is 11.5 Å². The van der Waals surface area contributed by atoms with E-state index in [4.69, 9.17) is 0 Å². The lowest BCUT2D eigenvalue weighted by atomic mass is 10.1. The number of imidazole rings is 1. The van der Waals surface area contributed by atoms with E-state index < -0.39 is 5.82 Å². The van der Waals surface area contributed by atoms with Crippen LogP contribution in [0.3, 0.4) is 0 Å². The summed E-state index contributed by atoms with van der Waals surface area (Å²) in [7, 11) is 0. The summed E-state index contributed by atoms with van der Waals surface area (Å²) in [5.41, 5.74) is 4.08. The van der Waals surface area contributed by atoms with Crippen LogP contribution < -0.4 is 20.4 Å². The standard InChI is InChI=1S/C22H26FN7O/c1-13-10-28(9-7-24-13)18-4-6-25-21-16(18)5-8-30(21)22(31)27-17-12-29-11-14(2)26-20(29)15(3)19(17)23/h4,6,11-13,24H,5,7-10H2,1-3H3,(H,27,31)/t13-/m0/s1. The van der Waals surface area contributed by atoms with E-state index in [0.717, 1.165) is 43.0 Å². The Balaban J connectivity index is 1.42. The number of hydrogen-bond donors (Lipinski definition) is 2. The van der Waals surface area contributed by atoms with Crippen molar-refractivity contribution in [3.8, 4) is 0 Å². The second-order valence-corrected chi connectivity index (χ2v) is 8.36. The number of amides is 2. The molecule has 3 aromatic rings. The number of nitrogens with one attached hydrogen (secondary N) is 2. The average Bonchev–Trinajstić information content (AvgIpc) is 3.35. The van der Waals surface area contributed by atoms with Crippen molar-refractivity contribution in [1.82, 2.24) is 19.7 Å². The molecule has 5 heterocycles. The van der Waals surface area contributed by atoms with Crippen molar-refractivity contribution in [2.45, 2.75) is 33.2 Å². The van der Waals surface area contributed by atoms with Crippen LogP contribution in [0.25, 0.3) is 5.65 Å². The number of urea groups is 1. The Morgan fingerprint density at radius 1 is 1.29 bits per heavy atom. The fourth-order valence-corrected chi connectivity index (χ4v) is 4.58. The number of rotatable bonds is 2. The number of aryl methyl sites for hydroxylation is 2. The summed E-state index contributed by atoms with van der Waals surface area (Å²) in [6.07, 6.45) is 5.85. The van der Waals surface area contributed by atoms with Crippen molar-refractivity contribution in [3.63, 3.8) is 0 Å². The highest BCUT2D eigenvalue weighted by Gasteiger charge is 2.31. The van der Waals surface area contributed by atoms with Gasteiger partial charge in [0.25, 0.3) is 0 Å². The molecule has 8 nitrogen and oxygen atoms in total. The molecule has 1 fully saturated rings. The third-order valence-corrected chi connectivity index (χ3v) is 6.07. The number of nitrogens with zero attached hydrogens (tertiary/aromatic N) is 5. The molecule has 162 valence electrons. The highest BCUT2D eigenvalue weighted by molar-refractivity contribution is 6.03. The fourth-order valence-electron chi connectivity index (χ4n) is 4.58. The van der Waals surface area contributed by atoms with Crippen LogP contribution in [-0.4, -0.2) is 52.6 Å². The topological polar surface area (TPSA) is 77.8 Å². The quantitative estimate of drug-likeness (QED) is 0.663. The minimum Gasteiger partial charge on any atom is -0.368 e. The maximum absolute atomic E-state index is 14.9. The van der Waals surface area contributed by atoms with E-state index in [9.17, 15) is 9.18 Å². The maximum atomic E-state index is 14.9. The fraction of sp³-hybridized carbons (Fsp3) is 0.409. The zero-order valence-electron chi connectivity index (χ0n) is 17.9. The van der Waals surface area contributed by atoms with E-state index >= 15 is 0 Å². The molecule has 0 bridgehead atoms. The molecule has 0 saturated carbocycles. The van der Waals surface area contributed by atoms with E-state index in [1.165, 1.54) is 0 Å². The second kappa shape index (κ2) is 7.49. The molecule has 2 amide bonds. The van der Waals surface area contributed by atoms with Gasteiger partial charge in [0, 0.05) is 67.6 Å². The second-order valence-electron chi connectivity index (χ2n) is 8.36. The van der Waals surface area contributed by atoms with Crippen LogP contribution in [0.4, 0.5) is 26.4 Å². The SMILES string of the molecule is Cc1cn2cc(NC(=O)N3CCc4c(N5CCN[C@@H](C)C5)ccnc43)c(F)c(C)c2n1. The smallest absolute Gasteiger partial charge is 0.327 e. The van der Waals surface area contributed by atoms with Gasteiger partial charge in [-0.15, -0.1) is 0 Å². The number of hydrogen-bond acceptors (Lipinski definition) is 5. The zero-order valence-corrected chi connectivity index (χ0v) is 17.9. The third kappa shape index (κ3) is 3.38. The summed E-state index contributed by atoms with van der Waals surface area (Å²) < 4.78 is 16.7. The number of anilines is 3. The molecule has 9 heteroatoms. The van der Waals surface area contributed by atoms with Crippen molar-refractivity contribution >= 4 is 28.9 Å². The molecule has 2 aliphatic rings. The summed E-state index contributed by atoms with van der Waals surface area (Å²) in [5, 5.41) is 6.19. The molecular weight excluding hydrogens is 397 g/mol. The summed E-state index contributed by atoms with van der Waals surface area (Å²) in [6, 6.07) is 2.05. The van der Waals surface area contributed by atoms with Gasteiger partial charge in [-0.3, -0.25) is 4.90 Å². The van der Waals surface area contributed by atoms with Crippen LogP contribution in [0.1, 0.15) is 23.7 Å². The zero-order chi connectivity index (χ0) is 21.7. The number of fused-ring (bicyclic) bond motifs is 2. The summed E-state index contributed by atoms with van der Waals surface area (Å²) in [4.78, 5) is 25.9. The van der Waals surface area contributed by atoms with Crippen molar-refractivity contribution in [2.75, 3.05) is 41.3 Å². The van der Waals surface area contributed by atoms with Gasteiger partial charge in [-0.2, -0.15) is 0 Å². The predicted octanol–water partition coefficient (Wildman–Crippen LogP) is 2.88. The van der Waals surface area contributed by atoms with E-state index in [2.05, 4.69) is 32.4 Å². The van der Waals surface area contributed by atoms with Crippen LogP contribution in [0, 0.1) is 19.7 Å². The average molecular weight is 423 g/mol. The highest BCUT2D eigenvalue weighted by atomic mass is 19.1. The van der Waals surface area contributed by atoms with Gasteiger partial charge in [0.2, 0.25) is 0 Å². The molecule has 2 aliphatic heterocycles. The summed E-state index contributed by atoms with van der Waals surface area (Å²) in [6.45, 7) is 8.96. The predicted molar refractivity (Wildman–Crippen MR) is 119 cm³/mol. The maximum Gasteiger partial charge on any atom is 0.327 e. The molecular formula is C22H26FN7O. The number of carbonyl (C=O) groups excluding carboxylic acids is 1. The lowest BCUT2D eigenvalue weighted by Crippen LogP contribution is -2.49. The van der Waals surface area contributed by atoms with Crippen molar-refractivity contribution in [3.05, 3.63) is 47.3 Å². The van der Waals surface area contributed by atoms with Gasteiger partial charge in [-0.25, -0.2) is 19.2 Å². The Bertz CT molecular complexity index is 1170. The normalized spacial score (nSPS) is 18.5. The lowest BCUT2D eigenvalue weighted by molar-refractivity contribution is 0.257. The van der Waals surface area contributed by atoms with Gasteiger partial charge in [-0.1, -0.05) is 0 Å². The van der Waals surface area contributed by atoms with Crippen LogP contribution in [0.2, 0.25) is 0 Å². The third-order valence-electron chi connectivity index (χ3n) is 6.07. The van der Waals surface area contributed by atoms with Gasteiger partial charge in [-0.05, 0) is 33.3 Å². The minimum absolute atomic E-state index is 0.132. The lowest BCUT2D eigenvalue weighted by Gasteiger charge is -2.34. The molecule has 0 spiro atoms. The molecule has 0 unspecified atom stereocenters. The molecule has 1 atom stereocenters. The molecule has 5 rings (SSSR count). The highest BCUT2D eigenvalue weighted by Crippen LogP contribution is 2.34. The summed E-state index contributed by atoms with van der Waals surface area (Å²) >= 11 is 0. The van der Waals surface area contributed by atoms with E-state index in [1.54, 1.807) is 28.6 Å². The van der Waals surface area contributed by atoms with Crippen molar-refractivity contribution < 1.29 is 9.18 Å². The molecule has 31 heavy (non-hydrogen) atoms. The number of piperazine rings is 1. The molecule has 2 N–H and O–H groups in total. The number of halogens is 1. The van der Waals surface area contributed by atoms with Crippen LogP contribution in [-0.2, 0) is 6.42 Å². The van der Waals surface area contributed by atoms with Crippen LogP contribution in [0.5, 0.6) is 0 Å². The van der Waals surface area contributed by atoms with Gasteiger partial charge >= 0.3 is 6.03 Å². The molecule has 0 aliphatic carbocycles. The molecule has 0 radical (unpaired) electrons. The van der Waals surface area contributed by atoms with E-state index in [1.807, 2.05) is 19.2 Å². The van der Waals surface area contributed by atoms with Crippen molar-refractivity contribution in [1.29, 1.82) is 0 Å². The van der Waals surface area contributed by atoms with E-state index in [-0.39, 0.29) is 11.7 Å². The Morgan fingerprint density at radius 3 is 2.94 bits per heavy atom. The molecule has 3 aromatic heterocycles. The monoisotopic (exact) mass is 423 g/mol. The van der Waals surface area contributed by atoms with Crippen molar-refractivity contribution in [2.24, 2.45) is 0 Å². The van der Waals surface area contributed by atoms with Gasteiger partial charge < -0.3 is 19.9 Å². The van der Waals surface area contributed by atoms with Gasteiger partial charge in [0.15, 0.2) is 5.82 Å². The summed E-state index contributed by atoms with van der Waals surface area (Å²) in [5.74, 6) is 0.181. The Hall–Kier alpha value is -3.20. The Kier molecular flexibility index (Phi) is 4.77. The first kappa shape index (κ1) is 19.7. The minimum atomic E-state index is -0.470. The van der Waals surface area contributed by atoms with Gasteiger partial charge in [0.05, 0.1) is 11.4 Å². The first-order chi connectivity index (χ1) is 14.9. The number of carbonyl (C=O) groups is 1. The first-order valence-electron chi connectivity index (χ1n) is 10.6. The largest absolute Gasteiger partial charge is 0.368 e. The molecule has 1 saturated heterocycles. The van der Waals surface area contributed by atoms with Crippen LogP contribution >= 0.6 is 0 Å². The Labute approximate surface area is 180 Å². The van der Waals surface area contributed by atoms with E-state index in [0.29, 0.717) is 29.6 Å². The number of pyridine rings is 2. The molecule has 0 aromatic carbocycles.